The number of carbonyl (C=O) groups is 1. The van der Waals surface area contributed by atoms with Crippen molar-refractivity contribution >= 4 is 18.3 Å². The average molecular weight is 247 g/mol. The summed E-state index contributed by atoms with van der Waals surface area (Å²) >= 11 is 0. The Kier molecular flexibility index (Phi) is 4.62. The van der Waals surface area contributed by atoms with Gasteiger partial charge in [0.2, 0.25) is 5.91 Å². The molecule has 2 atom stereocenters. The van der Waals surface area contributed by atoms with Gasteiger partial charge >= 0.3 is 0 Å². The fourth-order valence-corrected chi connectivity index (χ4v) is 2.79. The van der Waals surface area contributed by atoms with Crippen LogP contribution in [0.15, 0.2) is 0 Å². The van der Waals surface area contributed by atoms with Crippen molar-refractivity contribution in [3.63, 3.8) is 0 Å². The zero-order valence-electron chi connectivity index (χ0n) is 10.00. The van der Waals surface area contributed by atoms with Crippen LogP contribution < -0.4 is 11.1 Å². The number of nitrogens with two attached hydrogens (primary N) is 1. The quantitative estimate of drug-likeness (QED) is 0.799. The largest absolute Gasteiger partial charge is 0.353 e. The van der Waals surface area contributed by atoms with E-state index in [4.69, 9.17) is 5.73 Å². The molecule has 4 heteroatoms. The molecule has 3 nitrogen and oxygen atoms in total. The summed E-state index contributed by atoms with van der Waals surface area (Å²) in [5.41, 5.74) is 5.64. The van der Waals surface area contributed by atoms with Crippen molar-refractivity contribution in [1.82, 2.24) is 5.32 Å². The van der Waals surface area contributed by atoms with E-state index in [2.05, 4.69) is 12.2 Å². The summed E-state index contributed by atoms with van der Waals surface area (Å²) in [6.45, 7) is 2.79. The van der Waals surface area contributed by atoms with Crippen LogP contribution >= 0.6 is 12.4 Å². The molecule has 0 aromatic rings. The molecule has 0 spiro atoms. The van der Waals surface area contributed by atoms with Gasteiger partial charge in [-0.2, -0.15) is 0 Å². The molecule has 0 aromatic heterocycles. The maximum absolute atomic E-state index is 12.0. The molecule has 2 saturated carbocycles. The topological polar surface area (TPSA) is 55.1 Å². The van der Waals surface area contributed by atoms with Crippen LogP contribution in [0.25, 0.3) is 0 Å². The summed E-state index contributed by atoms with van der Waals surface area (Å²) in [7, 11) is 0. The fraction of sp³-hybridized carbons (Fsp3) is 0.917. The molecule has 0 heterocycles. The smallest absolute Gasteiger partial charge is 0.226 e. The van der Waals surface area contributed by atoms with Gasteiger partial charge in [0.15, 0.2) is 0 Å². The molecule has 2 aliphatic carbocycles. The van der Waals surface area contributed by atoms with E-state index in [0.717, 1.165) is 19.3 Å². The Labute approximate surface area is 104 Å². The van der Waals surface area contributed by atoms with Gasteiger partial charge in [0.05, 0.1) is 0 Å². The minimum absolute atomic E-state index is 0. The second-order valence-electron chi connectivity index (χ2n) is 5.42. The van der Waals surface area contributed by atoms with E-state index in [-0.39, 0.29) is 23.7 Å². The Morgan fingerprint density at radius 1 is 1.38 bits per heavy atom. The first-order chi connectivity index (χ1) is 7.15. The predicted octanol–water partition coefficient (Wildman–Crippen LogP) is 1.84. The molecular weight excluding hydrogens is 224 g/mol. The molecule has 0 radical (unpaired) electrons. The lowest BCUT2D eigenvalue weighted by Crippen LogP contribution is -2.49. The highest BCUT2D eigenvalue weighted by atomic mass is 35.5. The van der Waals surface area contributed by atoms with Crippen LogP contribution in [0.2, 0.25) is 0 Å². The van der Waals surface area contributed by atoms with Crippen molar-refractivity contribution in [3.8, 4) is 0 Å². The van der Waals surface area contributed by atoms with Gasteiger partial charge in [-0.15, -0.1) is 12.4 Å². The SMILES string of the molecule is CC1(C(=O)NC2CCCC2CN)CCC1.Cl. The van der Waals surface area contributed by atoms with E-state index in [0.29, 0.717) is 18.5 Å². The first kappa shape index (κ1) is 13.8. The van der Waals surface area contributed by atoms with Crippen molar-refractivity contribution < 1.29 is 4.79 Å². The van der Waals surface area contributed by atoms with Crippen molar-refractivity contribution in [1.29, 1.82) is 0 Å². The zero-order chi connectivity index (χ0) is 10.9. The monoisotopic (exact) mass is 246 g/mol. The predicted molar refractivity (Wildman–Crippen MR) is 67.5 cm³/mol. The molecule has 16 heavy (non-hydrogen) atoms. The van der Waals surface area contributed by atoms with E-state index in [1.165, 1.54) is 19.3 Å². The van der Waals surface area contributed by atoms with Gasteiger partial charge in [0.1, 0.15) is 0 Å². The van der Waals surface area contributed by atoms with E-state index >= 15 is 0 Å². The van der Waals surface area contributed by atoms with Crippen LogP contribution in [-0.4, -0.2) is 18.5 Å². The molecule has 0 aromatic carbocycles. The highest BCUT2D eigenvalue weighted by molar-refractivity contribution is 5.85. The molecule has 2 fully saturated rings. The van der Waals surface area contributed by atoms with Gasteiger partial charge in [-0.3, -0.25) is 4.79 Å². The second-order valence-corrected chi connectivity index (χ2v) is 5.42. The molecule has 2 unspecified atom stereocenters. The summed E-state index contributed by atoms with van der Waals surface area (Å²) < 4.78 is 0. The molecule has 3 N–H and O–H groups in total. The Morgan fingerprint density at radius 3 is 2.56 bits per heavy atom. The molecule has 1 amide bonds. The minimum atomic E-state index is -0.0677. The molecule has 2 aliphatic rings. The highest BCUT2D eigenvalue weighted by Crippen LogP contribution is 2.41. The Morgan fingerprint density at radius 2 is 2.06 bits per heavy atom. The molecule has 94 valence electrons. The first-order valence-corrected chi connectivity index (χ1v) is 6.17. The third kappa shape index (κ3) is 2.51. The lowest BCUT2D eigenvalue weighted by Gasteiger charge is -2.38. The van der Waals surface area contributed by atoms with Crippen LogP contribution in [0, 0.1) is 11.3 Å². The summed E-state index contributed by atoms with van der Waals surface area (Å²) in [5.74, 6) is 0.775. The third-order valence-corrected chi connectivity index (χ3v) is 4.28. The van der Waals surface area contributed by atoms with Gasteiger partial charge in [-0.1, -0.05) is 19.8 Å². The second kappa shape index (κ2) is 5.37. The van der Waals surface area contributed by atoms with Gasteiger partial charge < -0.3 is 11.1 Å². The Balaban J connectivity index is 0.00000128. The third-order valence-electron chi connectivity index (χ3n) is 4.28. The van der Waals surface area contributed by atoms with E-state index in [1.54, 1.807) is 0 Å². The van der Waals surface area contributed by atoms with Crippen LogP contribution in [0.3, 0.4) is 0 Å². The van der Waals surface area contributed by atoms with Gasteiger partial charge in [-0.25, -0.2) is 0 Å². The molecule has 0 saturated heterocycles. The lowest BCUT2D eigenvalue weighted by atomic mass is 9.69. The molecule has 0 aliphatic heterocycles. The van der Waals surface area contributed by atoms with E-state index in [1.807, 2.05) is 0 Å². The number of amides is 1. The number of hydrogen-bond acceptors (Lipinski definition) is 2. The number of halogens is 1. The minimum Gasteiger partial charge on any atom is -0.353 e. The fourth-order valence-electron chi connectivity index (χ4n) is 2.79. The van der Waals surface area contributed by atoms with E-state index < -0.39 is 0 Å². The first-order valence-electron chi connectivity index (χ1n) is 6.17. The Bertz CT molecular complexity index is 253. The normalized spacial score (nSPS) is 31.4. The van der Waals surface area contributed by atoms with Crippen molar-refractivity contribution in [3.05, 3.63) is 0 Å². The van der Waals surface area contributed by atoms with Crippen molar-refractivity contribution in [2.45, 2.75) is 51.5 Å². The van der Waals surface area contributed by atoms with Crippen molar-refractivity contribution in [2.24, 2.45) is 17.1 Å². The van der Waals surface area contributed by atoms with E-state index in [9.17, 15) is 4.79 Å². The molecule has 0 bridgehead atoms. The Hall–Kier alpha value is -0.280. The highest BCUT2D eigenvalue weighted by Gasteiger charge is 2.41. The van der Waals surface area contributed by atoms with Crippen LogP contribution in [-0.2, 0) is 4.79 Å². The number of nitrogens with one attached hydrogen (secondary N) is 1. The summed E-state index contributed by atoms with van der Waals surface area (Å²) in [6.07, 6.45) is 6.82. The maximum atomic E-state index is 12.0. The van der Waals surface area contributed by atoms with Gasteiger partial charge in [-0.05, 0) is 38.1 Å². The van der Waals surface area contributed by atoms with Gasteiger partial charge in [0.25, 0.3) is 0 Å². The average Bonchev–Trinajstić information content (AvgIpc) is 2.61. The van der Waals surface area contributed by atoms with Crippen molar-refractivity contribution in [2.75, 3.05) is 6.54 Å². The molecular formula is C12H23ClN2O. The van der Waals surface area contributed by atoms with Crippen LogP contribution in [0.5, 0.6) is 0 Å². The van der Waals surface area contributed by atoms with Crippen LogP contribution in [0.4, 0.5) is 0 Å². The number of carbonyl (C=O) groups excluding carboxylic acids is 1. The van der Waals surface area contributed by atoms with Gasteiger partial charge in [0, 0.05) is 11.5 Å². The summed E-state index contributed by atoms with van der Waals surface area (Å²) in [5, 5.41) is 3.20. The number of rotatable bonds is 3. The zero-order valence-corrected chi connectivity index (χ0v) is 10.8. The lowest BCUT2D eigenvalue weighted by molar-refractivity contribution is -0.135. The standard InChI is InChI=1S/C12H22N2O.ClH/c1-12(6-3-7-12)11(15)14-10-5-2-4-9(10)8-13;/h9-10H,2-8,13H2,1H3,(H,14,15);1H. The summed E-state index contributed by atoms with van der Waals surface area (Å²) in [4.78, 5) is 12.0. The number of hydrogen-bond donors (Lipinski definition) is 2. The van der Waals surface area contributed by atoms with Crippen LogP contribution in [0.1, 0.15) is 45.4 Å². The summed E-state index contributed by atoms with van der Waals surface area (Å²) in [6, 6.07) is 0.347. The molecule has 2 rings (SSSR count). The maximum Gasteiger partial charge on any atom is 0.226 e.